The molecule has 4 bridgehead atoms. The number of hydrogen-bond donors (Lipinski definition) is 5. The number of carboxylic acid groups (broad SMARTS) is 4. The van der Waals surface area contributed by atoms with Gasteiger partial charge in [-0.25, -0.2) is 39.1 Å². The minimum absolute atomic E-state index is 0.00383. The first kappa shape index (κ1) is 37.7. The average Bonchev–Trinajstić information content (AvgIpc) is 3.59. The van der Waals surface area contributed by atoms with E-state index in [2.05, 4.69) is 4.99 Å². The first-order valence-corrected chi connectivity index (χ1v) is 17.4. The highest BCUT2D eigenvalue weighted by atomic mass is 16.4. The standard InChI is InChI=1S/C41H34N8O8/c1-18-24-10-6-21(39(52)53)15-29(24)32(42)46-35-27-13-9-23(41(56)57)17-31(27)37(49(35)5)47-33(43-3)25-11-7-20(38(50)51)14-28(25)19(2)45-34-26-12-8-22(40(54)55)16-30(26)36(44-18)48(34)4/h6-17,27,31,42H,1-5H3,(H,50,51)(H,52,53)(H,54,55)(H,56,57). The molecule has 7 rings (SSSR count). The Kier molecular flexibility index (Phi) is 9.40. The van der Waals surface area contributed by atoms with Crippen LogP contribution in [0.5, 0.6) is 0 Å². The van der Waals surface area contributed by atoms with Gasteiger partial charge in [0, 0.05) is 76.7 Å². The number of aliphatic carboxylic acids is 1. The Balaban J connectivity index is 1.79. The van der Waals surface area contributed by atoms with Crippen molar-refractivity contribution in [3.8, 4) is 0 Å². The van der Waals surface area contributed by atoms with E-state index in [9.17, 15) is 45.0 Å². The van der Waals surface area contributed by atoms with E-state index in [0.29, 0.717) is 61.3 Å². The molecule has 16 nitrogen and oxygen atoms in total. The van der Waals surface area contributed by atoms with E-state index < -0.39 is 35.7 Å². The molecule has 57 heavy (non-hydrogen) atoms. The van der Waals surface area contributed by atoms with Crippen molar-refractivity contribution < 1.29 is 39.6 Å². The predicted molar refractivity (Wildman–Crippen MR) is 208 cm³/mol. The average molecular weight is 767 g/mol. The quantitative estimate of drug-likeness (QED) is 0.165. The summed E-state index contributed by atoms with van der Waals surface area (Å²) in [5.41, 5.74) is 1.11. The fourth-order valence-electron chi connectivity index (χ4n) is 7.27. The molecule has 286 valence electrons. The van der Waals surface area contributed by atoms with Crippen molar-refractivity contribution in [2.24, 2.45) is 19.1 Å². The number of carbonyl (C=O) groups is 4. The molecule has 2 aliphatic rings. The van der Waals surface area contributed by atoms with Gasteiger partial charge < -0.3 is 29.6 Å². The third kappa shape index (κ3) is 6.52. The SMILES string of the molecule is CN=c1nc2n(C)c(nc(=N)c3cc(C(=O)O)ccc3c(C)nc3c4cc(C(=O)O)ccc4c(nc(C)c4cc(C(=O)O)ccc14)n3C)C1C=CC(C(=O)O)=CC21. The van der Waals surface area contributed by atoms with E-state index in [1.807, 2.05) is 0 Å². The van der Waals surface area contributed by atoms with Crippen LogP contribution < -0.4 is 11.0 Å². The Morgan fingerprint density at radius 1 is 0.614 bits per heavy atom. The number of fused-ring (bicyclic) bond motifs is 12. The highest BCUT2D eigenvalue weighted by Crippen LogP contribution is 2.41. The van der Waals surface area contributed by atoms with Gasteiger partial charge in [0.2, 0.25) is 0 Å². The smallest absolute Gasteiger partial charge is 0.335 e. The summed E-state index contributed by atoms with van der Waals surface area (Å²) in [4.78, 5) is 72.8. The first-order valence-electron chi connectivity index (χ1n) is 17.4. The van der Waals surface area contributed by atoms with Crippen molar-refractivity contribution in [2.75, 3.05) is 7.05 Å². The van der Waals surface area contributed by atoms with E-state index in [-0.39, 0.29) is 38.6 Å². The molecule has 16 heteroatoms. The molecule has 5 N–H and O–H groups in total. The van der Waals surface area contributed by atoms with Crippen LogP contribution >= 0.6 is 0 Å². The summed E-state index contributed by atoms with van der Waals surface area (Å²) in [6, 6.07) is 13.2. The minimum atomic E-state index is -1.23. The van der Waals surface area contributed by atoms with E-state index in [1.54, 1.807) is 61.4 Å². The number of nitrogens with one attached hydrogen (secondary N) is 1. The maximum absolute atomic E-state index is 12.2. The molecule has 0 saturated carbocycles. The van der Waals surface area contributed by atoms with Gasteiger partial charge in [0.25, 0.3) is 0 Å². The molecular formula is C41H34N8O8. The van der Waals surface area contributed by atoms with Crippen molar-refractivity contribution in [3.05, 3.63) is 129 Å². The van der Waals surface area contributed by atoms with E-state index in [0.717, 1.165) is 0 Å². The molecule has 0 radical (unpaired) electrons. The van der Waals surface area contributed by atoms with E-state index in [1.165, 1.54) is 55.6 Å². The summed E-state index contributed by atoms with van der Waals surface area (Å²) in [6.07, 6.45) is 4.67. The fraction of sp³-hybridized carbons (Fsp3) is 0.171. The second-order valence-electron chi connectivity index (χ2n) is 13.5. The Morgan fingerprint density at radius 2 is 1.12 bits per heavy atom. The Labute approximate surface area is 321 Å². The zero-order chi connectivity index (χ0) is 41.0. The van der Waals surface area contributed by atoms with E-state index >= 15 is 0 Å². The number of rotatable bonds is 4. The second-order valence-corrected chi connectivity index (χ2v) is 13.5. The molecule has 1 aliphatic heterocycles. The Hall–Kier alpha value is -7.62. The topological polar surface area (TPSA) is 247 Å². The molecule has 2 atom stereocenters. The lowest BCUT2D eigenvalue weighted by molar-refractivity contribution is -0.132. The number of aromatic carboxylic acids is 3. The normalized spacial score (nSPS) is 15.5. The Bertz CT molecular complexity index is 3090. The van der Waals surface area contributed by atoms with Gasteiger partial charge in [-0.3, -0.25) is 10.4 Å². The van der Waals surface area contributed by atoms with Crippen LogP contribution in [-0.4, -0.2) is 80.4 Å². The highest BCUT2D eigenvalue weighted by molar-refractivity contribution is 6.08. The monoisotopic (exact) mass is 766 g/mol. The number of allylic oxidation sites excluding steroid dienone is 2. The maximum atomic E-state index is 12.2. The van der Waals surface area contributed by atoms with Gasteiger partial charge in [0.15, 0.2) is 11.0 Å². The lowest BCUT2D eigenvalue weighted by Crippen LogP contribution is -2.15. The first-order chi connectivity index (χ1) is 27.1. The summed E-state index contributed by atoms with van der Waals surface area (Å²) < 4.78 is 3.30. The molecule has 3 aromatic carbocycles. The Morgan fingerprint density at radius 3 is 1.70 bits per heavy atom. The largest absolute Gasteiger partial charge is 0.478 e. The molecule has 0 fully saturated rings. The highest BCUT2D eigenvalue weighted by Gasteiger charge is 2.36. The maximum Gasteiger partial charge on any atom is 0.335 e. The van der Waals surface area contributed by atoms with Crippen LogP contribution in [0.25, 0.3) is 43.6 Å². The van der Waals surface area contributed by atoms with Gasteiger partial charge >= 0.3 is 23.9 Å². The summed E-state index contributed by atoms with van der Waals surface area (Å²) in [6.45, 7) is 3.37. The number of nitrogens with zero attached hydrogens (tertiary/aromatic N) is 7. The number of benzene rings is 3. The summed E-state index contributed by atoms with van der Waals surface area (Å²) in [7, 11) is 4.88. The van der Waals surface area contributed by atoms with Crippen molar-refractivity contribution >= 4 is 67.5 Å². The number of carboxylic acids is 4. The molecule has 5 aromatic rings. The van der Waals surface area contributed by atoms with Gasteiger partial charge in [0.1, 0.15) is 22.9 Å². The van der Waals surface area contributed by atoms with Crippen molar-refractivity contribution in [1.29, 1.82) is 5.41 Å². The molecule has 3 heterocycles. The molecular weight excluding hydrogens is 732 g/mol. The van der Waals surface area contributed by atoms with Crippen LogP contribution in [0.2, 0.25) is 0 Å². The number of hydrogen-bond acceptors (Lipinski definition) is 10. The number of aryl methyl sites for hydroxylation is 3. The van der Waals surface area contributed by atoms with Gasteiger partial charge in [-0.1, -0.05) is 24.3 Å². The third-order valence-corrected chi connectivity index (χ3v) is 10.2. The van der Waals surface area contributed by atoms with Crippen molar-refractivity contribution in [1.82, 2.24) is 29.1 Å². The third-order valence-electron chi connectivity index (χ3n) is 10.2. The molecule has 2 aromatic heterocycles. The van der Waals surface area contributed by atoms with Crippen LogP contribution in [-0.2, 0) is 18.9 Å². The summed E-state index contributed by atoms with van der Waals surface area (Å²) in [5.74, 6) is -5.33. The van der Waals surface area contributed by atoms with Crippen LogP contribution in [0.15, 0.2) is 83.4 Å². The second kappa shape index (κ2) is 14.2. The van der Waals surface area contributed by atoms with Crippen LogP contribution in [0.4, 0.5) is 0 Å². The van der Waals surface area contributed by atoms with Gasteiger partial charge in [-0.05, 0) is 62.4 Å². The zero-order valence-corrected chi connectivity index (χ0v) is 31.1. The molecule has 0 spiro atoms. The molecule has 2 unspecified atom stereocenters. The lowest BCUT2D eigenvalue weighted by atomic mass is 9.86. The van der Waals surface area contributed by atoms with Crippen LogP contribution in [0.1, 0.15) is 65.9 Å². The zero-order valence-electron chi connectivity index (χ0n) is 31.1. The molecule has 0 amide bonds. The summed E-state index contributed by atoms with van der Waals surface area (Å²) in [5, 5.41) is 51.3. The van der Waals surface area contributed by atoms with Gasteiger partial charge in [-0.15, -0.1) is 0 Å². The fourth-order valence-corrected chi connectivity index (χ4v) is 7.27. The van der Waals surface area contributed by atoms with Crippen LogP contribution in [0, 0.1) is 19.3 Å². The van der Waals surface area contributed by atoms with Crippen molar-refractivity contribution in [2.45, 2.75) is 25.7 Å². The predicted octanol–water partition coefficient (Wildman–Crippen LogP) is 4.85. The molecule has 0 saturated heterocycles. The minimum Gasteiger partial charge on any atom is -0.478 e. The molecule has 1 aliphatic carbocycles. The van der Waals surface area contributed by atoms with Gasteiger partial charge in [-0.2, -0.15) is 0 Å². The van der Waals surface area contributed by atoms with E-state index in [4.69, 9.17) is 19.9 Å². The van der Waals surface area contributed by atoms with Crippen molar-refractivity contribution in [3.63, 3.8) is 0 Å². The van der Waals surface area contributed by atoms with Gasteiger partial charge in [0.05, 0.1) is 22.3 Å². The number of aromatic nitrogens is 6. The van der Waals surface area contributed by atoms with Crippen LogP contribution in [0.3, 0.4) is 0 Å². The summed E-state index contributed by atoms with van der Waals surface area (Å²) >= 11 is 0. The lowest BCUT2D eigenvalue weighted by Gasteiger charge is -2.16.